The number of benzene rings is 1. The minimum absolute atomic E-state index is 0.363. The van der Waals surface area contributed by atoms with E-state index < -0.39 is 0 Å². The summed E-state index contributed by atoms with van der Waals surface area (Å²) in [4.78, 5) is 2.14. The Kier molecular flexibility index (Phi) is 3.32. The number of aryl methyl sites for hydroxylation is 1. The third-order valence-corrected chi connectivity index (χ3v) is 2.17. The molecule has 1 unspecified atom stereocenters. The summed E-state index contributed by atoms with van der Waals surface area (Å²) in [6.07, 6.45) is 0.363. The Hall–Kier alpha value is -1.02. The fourth-order valence-corrected chi connectivity index (χ4v) is 1.11. The molecule has 0 saturated heterocycles. The van der Waals surface area contributed by atoms with Gasteiger partial charge in [0.25, 0.3) is 0 Å². The predicted octanol–water partition coefficient (Wildman–Crippen LogP) is 2.31. The van der Waals surface area contributed by atoms with Crippen LogP contribution in [0.15, 0.2) is 24.3 Å². The third kappa shape index (κ3) is 3.07. The van der Waals surface area contributed by atoms with Gasteiger partial charge in [-0.15, -0.1) is 0 Å². The first-order valence-electron chi connectivity index (χ1n) is 4.59. The molecule has 0 aliphatic heterocycles. The highest BCUT2D eigenvalue weighted by Gasteiger charge is 2.02. The fourth-order valence-electron chi connectivity index (χ4n) is 1.11. The van der Waals surface area contributed by atoms with Crippen molar-refractivity contribution in [3.05, 3.63) is 29.8 Å². The van der Waals surface area contributed by atoms with Gasteiger partial charge in [0.1, 0.15) is 0 Å². The summed E-state index contributed by atoms with van der Waals surface area (Å²) in [6, 6.07) is 8.42. The molecule has 0 heterocycles. The Morgan fingerprint density at radius 3 is 2.54 bits per heavy atom. The van der Waals surface area contributed by atoms with E-state index in [1.807, 2.05) is 0 Å². The highest BCUT2D eigenvalue weighted by Crippen LogP contribution is 2.11. The summed E-state index contributed by atoms with van der Waals surface area (Å²) in [5, 5.41) is 3.41. The number of hydrogen-bond donors (Lipinski definition) is 1. The van der Waals surface area contributed by atoms with Crippen molar-refractivity contribution in [1.29, 1.82) is 0 Å². The summed E-state index contributed by atoms with van der Waals surface area (Å²) < 4.78 is 0. The lowest BCUT2D eigenvalue weighted by Gasteiger charge is -2.22. The second kappa shape index (κ2) is 4.28. The van der Waals surface area contributed by atoms with E-state index in [4.69, 9.17) is 0 Å². The van der Waals surface area contributed by atoms with Crippen LogP contribution in [-0.4, -0.2) is 25.2 Å². The Morgan fingerprint density at radius 2 is 2.00 bits per heavy atom. The Labute approximate surface area is 80.6 Å². The third-order valence-electron chi connectivity index (χ3n) is 2.17. The van der Waals surface area contributed by atoms with Crippen molar-refractivity contribution >= 4 is 5.69 Å². The molecule has 0 amide bonds. The summed E-state index contributed by atoms with van der Waals surface area (Å²) in [7, 11) is 4.13. The first kappa shape index (κ1) is 10.1. The van der Waals surface area contributed by atoms with Gasteiger partial charge < -0.3 is 5.32 Å². The van der Waals surface area contributed by atoms with E-state index >= 15 is 0 Å². The van der Waals surface area contributed by atoms with E-state index in [0.29, 0.717) is 6.17 Å². The van der Waals surface area contributed by atoms with Crippen molar-refractivity contribution in [2.75, 3.05) is 19.4 Å². The lowest BCUT2D eigenvalue weighted by atomic mass is 10.2. The van der Waals surface area contributed by atoms with Crippen LogP contribution in [0.5, 0.6) is 0 Å². The van der Waals surface area contributed by atoms with Gasteiger partial charge in [0.15, 0.2) is 0 Å². The largest absolute Gasteiger partial charge is 0.370 e. The second-order valence-corrected chi connectivity index (χ2v) is 3.65. The molecule has 0 aromatic heterocycles. The number of rotatable bonds is 3. The van der Waals surface area contributed by atoms with Crippen molar-refractivity contribution in [2.24, 2.45) is 0 Å². The molecule has 1 rings (SSSR count). The zero-order chi connectivity index (χ0) is 9.84. The Bertz CT molecular complexity index is 269. The number of nitrogens with zero attached hydrogens (tertiary/aromatic N) is 1. The molecule has 0 aliphatic rings. The molecule has 1 atom stereocenters. The maximum absolute atomic E-state index is 3.41. The summed E-state index contributed by atoms with van der Waals surface area (Å²) >= 11 is 0. The van der Waals surface area contributed by atoms with Crippen LogP contribution in [0.4, 0.5) is 5.69 Å². The smallest absolute Gasteiger partial charge is 0.0759 e. The zero-order valence-corrected chi connectivity index (χ0v) is 8.83. The van der Waals surface area contributed by atoms with Gasteiger partial charge in [-0.2, -0.15) is 0 Å². The molecule has 1 aromatic rings. The maximum atomic E-state index is 3.41. The first-order chi connectivity index (χ1) is 6.09. The van der Waals surface area contributed by atoms with Crippen LogP contribution in [0.25, 0.3) is 0 Å². The van der Waals surface area contributed by atoms with E-state index in [1.165, 1.54) is 11.3 Å². The second-order valence-electron chi connectivity index (χ2n) is 3.65. The molecule has 13 heavy (non-hydrogen) atoms. The molecule has 0 bridgehead atoms. The molecule has 2 heteroatoms. The van der Waals surface area contributed by atoms with E-state index in [1.54, 1.807) is 0 Å². The minimum Gasteiger partial charge on any atom is -0.370 e. The Balaban J connectivity index is 2.64. The van der Waals surface area contributed by atoms with Gasteiger partial charge in [0, 0.05) is 5.69 Å². The SMILES string of the molecule is Cc1cccc(NC(C)N(C)C)c1. The van der Waals surface area contributed by atoms with E-state index in [2.05, 4.69) is 62.4 Å². The topological polar surface area (TPSA) is 15.3 Å². The molecule has 0 spiro atoms. The van der Waals surface area contributed by atoms with Crippen LogP contribution in [-0.2, 0) is 0 Å². The van der Waals surface area contributed by atoms with Crippen LogP contribution in [0, 0.1) is 6.92 Å². The van der Waals surface area contributed by atoms with Gasteiger partial charge in [-0.1, -0.05) is 12.1 Å². The summed E-state index contributed by atoms with van der Waals surface area (Å²) in [6.45, 7) is 4.24. The van der Waals surface area contributed by atoms with Gasteiger partial charge in [-0.25, -0.2) is 0 Å². The van der Waals surface area contributed by atoms with Crippen LogP contribution < -0.4 is 5.32 Å². The lowest BCUT2D eigenvalue weighted by molar-refractivity contribution is 0.343. The Morgan fingerprint density at radius 1 is 1.31 bits per heavy atom. The predicted molar refractivity (Wildman–Crippen MR) is 58.0 cm³/mol. The molecule has 1 N–H and O–H groups in total. The maximum Gasteiger partial charge on any atom is 0.0759 e. The molecular formula is C11H18N2. The van der Waals surface area contributed by atoms with Gasteiger partial charge in [-0.3, -0.25) is 4.90 Å². The lowest BCUT2D eigenvalue weighted by Crippen LogP contribution is -2.31. The van der Waals surface area contributed by atoms with Crippen LogP contribution in [0.1, 0.15) is 12.5 Å². The number of nitrogens with one attached hydrogen (secondary N) is 1. The van der Waals surface area contributed by atoms with Crippen LogP contribution in [0.2, 0.25) is 0 Å². The summed E-state index contributed by atoms with van der Waals surface area (Å²) in [5.74, 6) is 0. The highest BCUT2D eigenvalue weighted by atomic mass is 15.2. The molecule has 1 aromatic carbocycles. The highest BCUT2D eigenvalue weighted by molar-refractivity contribution is 5.45. The molecular weight excluding hydrogens is 160 g/mol. The molecule has 0 saturated carbocycles. The van der Waals surface area contributed by atoms with Gasteiger partial charge in [0.05, 0.1) is 6.17 Å². The first-order valence-corrected chi connectivity index (χ1v) is 4.59. The quantitative estimate of drug-likeness (QED) is 0.714. The minimum atomic E-state index is 0.363. The monoisotopic (exact) mass is 178 g/mol. The molecule has 0 aliphatic carbocycles. The van der Waals surface area contributed by atoms with E-state index in [-0.39, 0.29) is 0 Å². The standard InChI is InChI=1S/C11H18N2/c1-9-6-5-7-11(8-9)12-10(2)13(3)4/h5-8,10,12H,1-4H3. The molecule has 0 fully saturated rings. The summed E-state index contributed by atoms with van der Waals surface area (Å²) in [5.41, 5.74) is 2.47. The average Bonchev–Trinajstić information content (AvgIpc) is 2.04. The zero-order valence-electron chi connectivity index (χ0n) is 8.83. The van der Waals surface area contributed by atoms with E-state index in [9.17, 15) is 0 Å². The van der Waals surface area contributed by atoms with Gasteiger partial charge >= 0.3 is 0 Å². The van der Waals surface area contributed by atoms with Crippen LogP contribution in [0.3, 0.4) is 0 Å². The molecule has 0 radical (unpaired) electrons. The van der Waals surface area contributed by atoms with Crippen LogP contribution >= 0.6 is 0 Å². The van der Waals surface area contributed by atoms with Gasteiger partial charge in [0.2, 0.25) is 0 Å². The van der Waals surface area contributed by atoms with Crippen molar-refractivity contribution in [3.63, 3.8) is 0 Å². The van der Waals surface area contributed by atoms with E-state index in [0.717, 1.165) is 0 Å². The van der Waals surface area contributed by atoms with Gasteiger partial charge in [-0.05, 0) is 45.6 Å². The number of hydrogen-bond acceptors (Lipinski definition) is 2. The fraction of sp³-hybridized carbons (Fsp3) is 0.455. The average molecular weight is 178 g/mol. The van der Waals surface area contributed by atoms with Crippen molar-refractivity contribution in [1.82, 2.24) is 4.90 Å². The molecule has 2 nitrogen and oxygen atoms in total. The van der Waals surface area contributed by atoms with Crippen molar-refractivity contribution in [3.8, 4) is 0 Å². The molecule has 72 valence electrons. The number of anilines is 1. The van der Waals surface area contributed by atoms with Crippen molar-refractivity contribution in [2.45, 2.75) is 20.0 Å². The van der Waals surface area contributed by atoms with Crippen molar-refractivity contribution < 1.29 is 0 Å². The normalized spacial score (nSPS) is 13.0.